The molecule has 31 heavy (non-hydrogen) atoms. The smallest absolute Gasteiger partial charge is 0.269 e. The highest BCUT2D eigenvalue weighted by Gasteiger charge is 2.24. The fourth-order valence-electron chi connectivity index (χ4n) is 3.04. The molecule has 0 bridgehead atoms. The summed E-state index contributed by atoms with van der Waals surface area (Å²) in [6.45, 7) is 7.45. The van der Waals surface area contributed by atoms with Crippen molar-refractivity contribution >= 4 is 39.1 Å². The number of nitrogens with zero attached hydrogens (tertiary/aromatic N) is 2. The maximum atomic E-state index is 12.6. The van der Waals surface area contributed by atoms with Crippen molar-refractivity contribution in [3.63, 3.8) is 0 Å². The van der Waals surface area contributed by atoms with Crippen LogP contribution in [0.1, 0.15) is 61.1 Å². The molecule has 1 aromatic heterocycles. The second kappa shape index (κ2) is 9.80. The number of halogens is 1. The molecule has 0 radical (unpaired) electrons. The number of aromatic nitrogens is 2. The molecule has 0 atom stereocenters. The first-order valence-corrected chi connectivity index (χ1v) is 11.6. The molecule has 0 spiro atoms. The Balaban J connectivity index is 2.22. The molecule has 0 saturated heterocycles. The lowest BCUT2D eigenvalue weighted by Crippen LogP contribution is -2.33. The zero-order chi connectivity index (χ0) is 23.5. The first-order chi connectivity index (χ1) is 14.4. The zero-order valence-electron chi connectivity index (χ0n) is 18.4. The summed E-state index contributed by atoms with van der Waals surface area (Å²) in [5.41, 5.74) is 2.45. The molecule has 0 aliphatic heterocycles. The van der Waals surface area contributed by atoms with E-state index in [1.807, 2.05) is 27.7 Å². The molecule has 1 aromatic carbocycles. The van der Waals surface area contributed by atoms with Crippen LogP contribution in [0.2, 0.25) is 5.02 Å². The normalized spacial score (nSPS) is 11.8. The minimum Gasteiger partial charge on any atom is -0.354 e. The Kier molecular flexibility index (Phi) is 7.85. The van der Waals surface area contributed by atoms with Crippen molar-refractivity contribution in [2.24, 2.45) is 7.05 Å². The lowest BCUT2D eigenvalue weighted by molar-refractivity contribution is -0.115. The van der Waals surface area contributed by atoms with Gasteiger partial charge in [-0.05, 0) is 35.1 Å². The van der Waals surface area contributed by atoms with Crippen LogP contribution in [0.5, 0.6) is 0 Å². The van der Waals surface area contributed by atoms with Crippen LogP contribution in [0.4, 0.5) is 5.69 Å². The SMILES string of the molecule is CNC(=O)c1cc(S(=O)(=O)NCC(=O)Nc2c(C(C)C)cc(Cl)cc2C(C)C)nn1C. The standard InChI is InChI=1S/C20H28ClN5O4S/c1-11(2)14-7-13(21)8-15(12(3)4)19(14)24-17(27)10-23-31(29,30)18-9-16(20(28)22-5)26(6)25-18/h7-9,11-12,23H,10H2,1-6H3,(H,22,28)(H,24,27). The van der Waals surface area contributed by atoms with Gasteiger partial charge in [0.1, 0.15) is 5.69 Å². The Bertz CT molecular complexity index is 1060. The molecule has 9 nitrogen and oxygen atoms in total. The highest BCUT2D eigenvalue weighted by atomic mass is 35.5. The third kappa shape index (κ3) is 5.84. The quantitative estimate of drug-likeness (QED) is 0.548. The lowest BCUT2D eigenvalue weighted by Gasteiger charge is -2.21. The molecule has 0 aliphatic rings. The molecule has 0 aliphatic carbocycles. The van der Waals surface area contributed by atoms with Gasteiger partial charge in [-0.1, -0.05) is 39.3 Å². The fourth-order valence-corrected chi connectivity index (χ4v) is 4.24. The molecular formula is C20H28ClN5O4S. The van der Waals surface area contributed by atoms with E-state index in [1.165, 1.54) is 14.1 Å². The number of amides is 2. The van der Waals surface area contributed by atoms with Gasteiger partial charge in [-0.25, -0.2) is 13.1 Å². The Morgan fingerprint density at radius 2 is 1.65 bits per heavy atom. The van der Waals surface area contributed by atoms with Gasteiger partial charge in [-0.3, -0.25) is 14.3 Å². The van der Waals surface area contributed by atoms with Gasteiger partial charge >= 0.3 is 0 Å². The molecule has 2 rings (SSSR count). The van der Waals surface area contributed by atoms with Crippen LogP contribution < -0.4 is 15.4 Å². The number of carbonyl (C=O) groups is 2. The number of aryl methyl sites for hydroxylation is 1. The molecule has 0 fully saturated rings. The van der Waals surface area contributed by atoms with Gasteiger partial charge in [0.05, 0.1) is 6.54 Å². The van der Waals surface area contributed by atoms with E-state index in [0.29, 0.717) is 10.7 Å². The van der Waals surface area contributed by atoms with Crippen LogP contribution in [0, 0.1) is 0 Å². The van der Waals surface area contributed by atoms with Gasteiger partial charge in [0.2, 0.25) is 5.91 Å². The number of sulfonamides is 1. The van der Waals surface area contributed by atoms with Crippen LogP contribution in [-0.4, -0.2) is 43.6 Å². The Hall–Kier alpha value is -2.43. The number of nitrogens with one attached hydrogen (secondary N) is 3. The van der Waals surface area contributed by atoms with E-state index in [1.54, 1.807) is 12.1 Å². The summed E-state index contributed by atoms with van der Waals surface area (Å²) in [6.07, 6.45) is 0. The van der Waals surface area contributed by atoms with Gasteiger partial charge < -0.3 is 10.6 Å². The number of benzene rings is 1. The van der Waals surface area contributed by atoms with E-state index in [2.05, 4.69) is 20.5 Å². The van der Waals surface area contributed by atoms with E-state index in [4.69, 9.17) is 11.6 Å². The summed E-state index contributed by atoms with van der Waals surface area (Å²) < 4.78 is 28.5. The molecule has 0 unspecified atom stereocenters. The molecule has 170 valence electrons. The van der Waals surface area contributed by atoms with Crippen molar-refractivity contribution in [3.8, 4) is 0 Å². The monoisotopic (exact) mass is 469 g/mol. The second-order valence-electron chi connectivity index (χ2n) is 7.71. The summed E-state index contributed by atoms with van der Waals surface area (Å²) in [5.74, 6) is -0.809. The fraction of sp³-hybridized carbons (Fsp3) is 0.450. The lowest BCUT2D eigenvalue weighted by atomic mass is 9.92. The summed E-state index contributed by atoms with van der Waals surface area (Å²) in [7, 11) is -1.21. The van der Waals surface area contributed by atoms with E-state index in [0.717, 1.165) is 21.9 Å². The zero-order valence-corrected chi connectivity index (χ0v) is 20.0. The van der Waals surface area contributed by atoms with E-state index >= 15 is 0 Å². The third-order valence-electron chi connectivity index (χ3n) is 4.69. The topological polar surface area (TPSA) is 122 Å². The Labute approximate surface area is 187 Å². The molecule has 2 aromatic rings. The van der Waals surface area contributed by atoms with Crippen molar-refractivity contribution in [3.05, 3.63) is 40.0 Å². The Morgan fingerprint density at radius 1 is 1.10 bits per heavy atom. The van der Waals surface area contributed by atoms with Crippen molar-refractivity contribution in [1.29, 1.82) is 0 Å². The predicted octanol–water partition coefficient (Wildman–Crippen LogP) is 2.60. The molecular weight excluding hydrogens is 442 g/mol. The van der Waals surface area contributed by atoms with E-state index < -0.39 is 28.4 Å². The van der Waals surface area contributed by atoms with Gasteiger partial charge in [0, 0.05) is 30.9 Å². The molecule has 2 amide bonds. The predicted molar refractivity (Wildman–Crippen MR) is 120 cm³/mol. The van der Waals surface area contributed by atoms with E-state index in [-0.39, 0.29) is 22.6 Å². The van der Waals surface area contributed by atoms with Crippen LogP contribution in [0.3, 0.4) is 0 Å². The number of hydrogen-bond donors (Lipinski definition) is 3. The first-order valence-electron chi connectivity index (χ1n) is 9.76. The maximum absolute atomic E-state index is 12.6. The Morgan fingerprint density at radius 3 is 2.13 bits per heavy atom. The van der Waals surface area contributed by atoms with E-state index in [9.17, 15) is 18.0 Å². The maximum Gasteiger partial charge on any atom is 0.269 e. The van der Waals surface area contributed by atoms with Gasteiger partial charge in [-0.2, -0.15) is 5.10 Å². The van der Waals surface area contributed by atoms with Gasteiger partial charge in [0.15, 0.2) is 5.03 Å². The minimum absolute atomic E-state index is 0.0802. The van der Waals surface area contributed by atoms with Gasteiger partial charge in [0.25, 0.3) is 15.9 Å². The molecule has 1 heterocycles. The number of rotatable bonds is 8. The summed E-state index contributed by atoms with van der Waals surface area (Å²) in [4.78, 5) is 24.4. The minimum atomic E-state index is -4.09. The van der Waals surface area contributed by atoms with Crippen LogP contribution in [0.25, 0.3) is 0 Å². The summed E-state index contributed by atoms with van der Waals surface area (Å²) >= 11 is 6.24. The van der Waals surface area contributed by atoms with Crippen molar-refractivity contribution in [1.82, 2.24) is 19.8 Å². The van der Waals surface area contributed by atoms with Crippen LogP contribution in [0.15, 0.2) is 23.2 Å². The highest BCUT2D eigenvalue weighted by molar-refractivity contribution is 7.89. The third-order valence-corrected chi connectivity index (χ3v) is 6.18. The van der Waals surface area contributed by atoms with Crippen molar-refractivity contribution in [2.45, 2.75) is 44.6 Å². The number of anilines is 1. The number of hydrogen-bond acceptors (Lipinski definition) is 5. The van der Waals surface area contributed by atoms with Crippen molar-refractivity contribution < 1.29 is 18.0 Å². The first kappa shape index (κ1) is 24.8. The highest BCUT2D eigenvalue weighted by Crippen LogP contribution is 2.35. The van der Waals surface area contributed by atoms with Crippen LogP contribution in [-0.2, 0) is 21.9 Å². The molecule has 3 N–H and O–H groups in total. The summed E-state index contributed by atoms with van der Waals surface area (Å²) in [5, 5.41) is 9.32. The second-order valence-corrected chi connectivity index (χ2v) is 9.86. The number of carbonyl (C=O) groups excluding carboxylic acids is 2. The molecule has 0 saturated carbocycles. The summed E-state index contributed by atoms with van der Waals surface area (Å²) in [6, 6.07) is 4.74. The largest absolute Gasteiger partial charge is 0.354 e. The van der Waals surface area contributed by atoms with Gasteiger partial charge in [-0.15, -0.1) is 0 Å². The van der Waals surface area contributed by atoms with Crippen LogP contribution >= 0.6 is 11.6 Å². The van der Waals surface area contributed by atoms with Crippen molar-refractivity contribution in [2.75, 3.05) is 18.9 Å². The average molecular weight is 470 g/mol. The average Bonchev–Trinajstić information content (AvgIpc) is 3.09. The molecule has 11 heteroatoms.